The van der Waals surface area contributed by atoms with Crippen LogP contribution in [-0.2, 0) is 6.42 Å². The molecule has 5 heteroatoms. The van der Waals surface area contributed by atoms with E-state index >= 15 is 0 Å². The Morgan fingerprint density at radius 3 is 2.84 bits per heavy atom. The van der Waals surface area contributed by atoms with Gasteiger partial charge in [0.25, 0.3) is 0 Å². The molecule has 0 bridgehead atoms. The fourth-order valence-corrected chi connectivity index (χ4v) is 2.36. The second kappa shape index (κ2) is 6.43. The summed E-state index contributed by atoms with van der Waals surface area (Å²) in [7, 11) is 1.68. The highest BCUT2D eigenvalue weighted by Crippen LogP contribution is 2.27. The van der Waals surface area contributed by atoms with Gasteiger partial charge in [-0.05, 0) is 34.0 Å². The second-order valence-corrected chi connectivity index (χ2v) is 4.93. The van der Waals surface area contributed by atoms with Crippen LogP contribution in [0.1, 0.15) is 5.56 Å². The molecule has 0 saturated heterocycles. The van der Waals surface area contributed by atoms with Gasteiger partial charge in [0.2, 0.25) is 0 Å². The van der Waals surface area contributed by atoms with Crippen LogP contribution in [0.25, 0.3) is 0 Å². The van der Waals surface area contributed by atoms with Gasteiger partial charge in [-0.3, -0.25) is 4.98 Å². The fourth-order valence-electron chi connectivity index (χ4n) is 1.87. The number of nitrogens with two attached hydrogens (primary N) is 1. The van der Waals surface area contributed by atoms with Crippen LogP contribution in [0.4, 0.5) is 11.4 Å². The number of hydrogen-bond donors (Lipinski definition) is 2. The molecule has 4 nitrogen and oxygen atoms in total. The highest BCUT2D eigenvalue weighted by molar-refractivity contribution is 9.10. The number of ether oxygens (including phenoxy) is 1. The Bertz CT molecular complexity index is 540. The standard InChI is InChI=1S/C14H16BrN3O/c1-19-13-5-3-2-4-10(13)6-7-18-14-11(15)8-17-9-12(14)16/h2-5,8-9H,6-7,16H2,1H3,(H,17,18). The van der Waals surface area contributed by atoms with Crippen LogP contribution in [0.2, 0.25) is 0 Å². The van der Waals surface area contributed by atoms with Crippen molar-refractivity contribution in [1.29, 1.82) is 0 Å². The first-order valence-electron chi connectivity index (χ1n) is 5.97. The lowest BCUT2D eigenvalue weighted by molar-refractivity contribution is 0.410. The van der Waals surface area contributed by atoms with Crippen LogP contribution < -0.4 is 15.8 Å². The molecule has 0 fully saturated rings. The normalized spacial score (nSPS) is 10.2. The first kappa shape index (κ1) is 13.7. The van der Waals surface area contributed by atoms with Crippen LogP contribution in [-0.4, -0.2) is 18.6 Å². The van der Waals surface area contributed by atoms with E-state index in [2.05, 4.69) is 32.3 Å². The molecule has 2 rings (SSSR count). The van der Waals surface area contributed by atoms with Crippen molar-refractivity contribution in [2.75, 3.05) is 24.7 Å². The van der Waals surface area contributed by atoms with Crippen molar-refractivity contribution >= 4 is 27.3 Å². The second-order valence-electron chi connectivity index (χ2n) is 4.07. The van der Waals surface area contributed by atoms with E-state index < -0.39 is 0 Å². The number of nitrogen functional groups attached to an aromatic ring is 1. The van der Waals surface area contributed by atoms with Crippen molar-refractivity contribution in [3.8, 4) is 5.75 Å². The number of methoxy groups -OCH3 is 1. The molecule has 1 aromatic carbocycles. The van der Waals surface area contributed by atoms with Gasteiger partial charge in [0.15, 0.2) is 0 Å². The minimum Gasteiger partial charge on any atom is -0.496 e. The van der Waals surface area contributed by atoms with E-state index in [0.717, 1.165) is 28.9 Å². The minimum absolute atomic E-state index is 0.634. The van der Waals surface area contributed by atoms with Crippen molar-refractivity contribution in [3.63, 3.8) is 0 Å². The molecule has 1 aromatic heterocycles. The smallest absolute Gasteiger partial charge is 0.122 e. The van der Waals surface area contributed by atoms with Gasteiger partial charge in [-0.2, -0.15) is 0 Å². The van der Waals surface area contributed by atoms with Gasteiger partial charge in [0, 0.05) is 12.7 Å². The summed E-state index contributed by atoms with van der Waals surface area (Å²) >= 11 is 3.43. The lowest BCUT2D eigenvalue weighted by atomic mass is 10.1. The molecule has 0 unspecified atom stereocenters. The van der Waals surface area contributed by atoms with Crippen molar-refractivity contribution in [3.05, 3.63) is 46.7 Å². The summed E-state index contributed by atoms with van der Waals surface area (Å²) in [5, 5.41) is 3.31. The third-order valence-electron chi connectivity index (χ3n) is 2.82. The summed E-state index contributed by atoms with van der Waals surface area (Å²) in [4.78, 5) is 4.01. The molecule has 19 heavy (non-hydrogen) atoms. The Morgan fingerprint density at radius 2 is 2.11 bits per heavy atom. The number of hydrogen-bond acceptors (Lipinski definition) is 4. The average Bonchev–Trinajstić information content (AvgIpc) is 2.42. The van der Waals surface area contributed by atoms with E-state index in [1.54, 1.807) is 19.5 Å². The van der Waals surface area contributed by atoms with Crippen molar-refractivity contribution in [2.24, 2.45) is 0 Å². The number of nitrogens with one attached hydrogen (secondary N) is 1. The number of pyridine rings is 1. The summed E-state index contributed by atoms with van der Waals surface area (Å²) in [6.45, 7) is 0.771. The van der Waals surface area contributed by atoms with Crippen molar-refractivity contribution in [1.82, 2.24) is 4.98 Å². The summed E-state index contributed by atoms with van der Waals surface area (Å²) in [6, 6.07) is 8.00. The highest BCUT2D eigenvalue weighted by Gasteiger charge is 2.05. The topological polar surface area (TPSA) is 60.2 Å². The van der Waals surface area contributed by atoms with E-state index in [1.165, 1.54) is 5.56 Å². The molecule has 0 aliphatic carbocycles. The lowest BCUT2D eigenvalue weighted by Crippen LogP contribution is -2.08. The highest BCUT2D eigenvalue weighted by atomic mass is 79.9. The summed E-state index contributed by atoms with van der Waals surface area (Å²) in [5.41, 5.74) is 8.56. The predicted octanol–water partition coefficient (Wildman–Crippen LogP) is 3.09. The third kappa shape index (κ3) is 3.38. The molecular formula is C14H16BrN3O. The van der Waals surface area contributed by atoms with E-state index in [0.29, 0.717) is 5.69 Å². The third-order valence-corrected chi connectivity index (χ3v) is 3.42. The Balaban J connectivity index is 2.00. The fraction of sp³-hybridized carbons (Fsp3) is 0.214. The van der Waals surface area contributed by atoms with Crippen LogP contribution in [0.5, 0.6) is 5.75 Å². The van der Waals surface area contributed by atoms with Crippen LogP contribution in [0.15, 0.2) is 41.1 Å². The van der Waals surface area contributed by atoms with Gasteiger partial charge in [0.05, 0.1) is 29.2 Å². The molecule has 0 radical (unpaired) electrons. The van der Waals surface area contributed by atoms with Crippen molar-refractivity contribution < 1.29 is 4.74 Å². The number of rotatable bonds is 5. The van der Waals surface area contributed by atoms with Crippen LogP contribution in [0, 0.1) is 0 Å². The molecule has 0 amide bonds. The summed E-state index contributed by atoms with van der Waals surface area (Å²) < 4.78 is 6.19. The lowest BCUT2D eigenvalue weighted by Gasteiger charge is -2.12. The molecule has 0 spiro atoms. The summed E-state index contributed by atoms with van der Waals surface area (Å²) in [6.07, 6.45) is 4.22. The quantitative estimate of drug-likeness (QED) is 0.888. The molecule has 100 valence electrons. The minimum atomic E-state index is 0.634. The zero-order valence-corrected chi connectivity index (χ0v) is 12.3. The first-order chi connectivity index (χ1) is 9.22. The number of benzene rings is 1. The van der Waals surface area contributed by atoms with Gasteiger partial charge in [-0.15, -0.1) is 0 Å². The maximum atomic E-state index is 5.88. The molecule has 2 aromatic rings. The predicted molar refractivity (Wildman–Crippen MR) is 81.5 cm³/mol. The van der Waals surface area contributed by atoms with Crippen molar-refractivity contribution in [2.45, 2.75) is 6.42 Å². The van der Waals surface area contributed by atoms with Gasteiger partial charge in [0.1, 0.15) is 5.75 Å². The van der Waals surface area contributed by atoms with E-state index in [-0.39, 0.29) is 0 Å². The molecule has 0 saturated carbocycles. The summed E-state index contributed by atoms with van der Waals surface area (Å²) in [5.74, 6) is 0.908. The number of anilines is 2. The Kier molecular flexibility index (Phi) is 4.63. The maximum Gasteiger partial charge on any atom is 0.122 e. The molecule has 0 aliphatic rings. The molecule has 3 N–H and O–H groups in total. The van der Waals surface area contributed by atoms with E-state index in [9.17, 15) is 0 Å². The maximum absolute atomic E-state index is 5.88. The average molecular weight is 322 g/mol. The van der Waals surface area contributed by atoms with Crippen LogP contribution in [0.3, 0.4) is 0 Å². The molecule has 0 aliphatic heterocycles. The Labute approximate surface area is 121 Å². The molecule has 0 atom stereocenters. The van der Waals surface area contributed by atoms with Gasteiger partial charge in [-0.1, -0.05) is 18.2 Å². The number of halogens is 1. The van der Waals surface area contributed by atoms with Gasteiger partial charge >= 0.3 is 0 Å². The molecule has 1 heterocycles. The van der Waals surface area contributed by atoms with Crippen LogP contribution >= 0.6 is 15.9 Å². The number of nitrogens with zero attached hydrogens (tertiary/aromatic N) is 1. The largest absolute Gasteiger partial charge is 0.496 e. The zero-order chi connectivity index (χ0) is 13.7. The van der Waals surface area contributed by atoms with Gasteiger partial charge < -0.3 is 15.8 Å². The Hall–Kier alpha value is -1.75. The van der Waals surface area contributed by atoms with E-state index in [1.807, 2.05) is 18.2 Å². The first-order valence-corrected chi connectivity index (χ1v) is 6.76. The zero-order valence-electron chi connectivity index (χ0n) is 10.7. The SMILES string of the molecule is COc1ccccc1CCNc1c(N)cncc1Br. The number of aromatic nitrogens is 1. The Morgan fingerprint density at radius 1 is 1.32 bits per heavy atom. The van der Waals surface area contributed by atoms with Gasteiger partial charge in [-0.25, -0.2) is 0 Å². The van der Waals surface area contributed by atoms with E-state index in [4.69, 9.17) is 10.5 Å². The number of para-hydroxylation sites is 1. The monoisotopic (exact) mass is 321 g/mol. The molecular weight excluding hydrogens is 306 g/mol.